The predicted molar refractivity (Wildman–Crippen MR) is 105 cm³/mol. The molecule has 0 atom stereocenters. The van der Waals surface area contributed by atoms with Crippen LogP contribution >= 0.6 is 15.9 Å². The van der Waals surface area contributed by atoms with Gasteiger partial charge in [0.15, 0.2) is 5.82 Å². The lowest BCUT2D eigenvalue weighted by molar-refractivity contribution is 0.878. The van der Waals surface area contributed by atoms with Crippen LogP contribution in [0.15, 0.2) is 63.9 Å². The third kappa shape index (κ3) is 3.25. The molecule has 0 unspecified atom stereocenters. The molecule has 6 nitrogen and oxygen atoms in total. The largest absolute Gasteiger partial charge is 0.379 e. The lowest BCUT2D eigenvalue weighted by Crippen LogP contribution is -2.17. The minimum absolute atomic E-state index is 0.185. The van der Waals surface area contributed by atoms with E-state index in [2.05, 4.69) is 36.3 Å². The summed E-state index contributed by atoms with van der Waals surface area (Å²) in [6.45, 7) is 2.45. The Hall–Kier alpha value is -2.93. The van der Waals surface area contributed by atoms with Crippen LogP contribution in [-0.2, 0) is 6.54 Å². The van der Waals surface area contributed by atoms with Gasteiger partial charge < -0.3 is 5.32 Å². The van der Waals surface area contributed by atoms with Crippen molar-refractivity contribution in [2.45, 2.75) is 13.5 Å². The van der Waals surface area contributed by atoms with E-state index in [-0.39, 0.29) is 5.56 Å². The molecule has 0 saturated carbocycles. The number of aromatic nitrogens is 4. The molecule has 7 heteroatoms. The zero-order chi connectivity index (χ0) is 18.1. The maximum Gasteiger partial charge on any atom is 0.274 e. The van der Waals surface area contributed by atoms with Crippen LogP contribution < -0.4 is 10.9 Å². The Labute approximate surface area is 158 Å². The zero-order valence-corrected chi connectivity index (χ0v) is 15.6. The standard InChI is InChI=1S/C19H16BrN5O/c1-12-4-2-3-5-16(12)18-23-19-22-15(10-17(26)25(19)24-18)11-21-14-8-6-13(20)7-9-14/h2-10,21H,11H2,1H3,(H,22,23,24). The minimum Gasteiger partial charge on any atom is -0.379 e. The molecular weight excluding hydrogens is 394 g/mol. The highest BCUT2D eigenvalue weighted by molar-refractivity contribution is 9.10. The van der Waals surface area contributed by atoms with Crippen molar-refractivity contribution in [2.24, 2.45) is 0 Å². The van der Waals surface area contributed by atoms with E-state index < -0.39 is 0 Å². The van der Waals surface area contributed by atoms with Gasteiger partial charge in [-0.15, -0.1) is 0 Å². The number of aromatic amines is 1. The molecule has 2 aromatic carbocycles. The van der Waals surface area contributed by atoms with Crippen LogP contribution in [0.3, 0.4) is 0 Å². The third-order valence-electron chi connectivity index (χ3n) is 4.10. The molecule has 0 amide bonds. The van der Waals surface area contributed by atoms with E-state index in [9.17, 15) is 4.79 Å². The van der Waals surface area contributed by atoms with E-state index >= 15 is 0 Å². The summed E-state index contributed by atoms with van der Waals surface area (Å²) in [6, 6.07) is 17.2. The highest BCUT2D eigenvalue weighted by Gasteiger charge is 2.11. The Morgan fingerprint density at radius 1 is 1.12 bits per heavy atom. The van der Waals surface area contributed by atoms with Crippen LogP contribution in [0.2, 0.25) is 0 Å². The average Bonchev–Trinajstić information content (AvgIpc) is 3.06. The first-order valence-electron chi connectivity index (χ1n) is 8.14. The van der Waals surface area contributed by atoms with E-state index in [0.717, 1.165) is 21.3 Å². The Balaban J connectivity index is 1.65. The number of halogens is 1. The fraction of sp³-hybridized carbons (Fsp3) is 0.105. The van der Waals surface area contributed by atoms with Crippen molar-refractivity contribution in [1.29, 1.82) is 0 Å². The summed E-state index contributed by atoms with van der Waals surface area (Å²) in [7, 11) is 0. The van der Waals surface area contributed by atoms with E-state index in [1.807, 2.05) is 55.5 Å². The molecular formula is C19H16BrN5O. The molecule has 0 radical (unpaired) electrons. The number of aryl methyl sites for hydroxylation is 1. The molecule has 130 valence electrons. The second kappa shape index (κ2) is 6.76. The van der Waals surface area contributed by atoms with Crippen molar-refractivity contribution in [3.05, 3.63) is 80.7 Å². The first-order valence-corrected chi connectivity index (χ1v) is 8.93. The van der Waals surface area contributed by atoms with Gasteiger partial charge in [-0.3, -0.25) is 9.89 Å². The highest BCUT2D eigenvalue weighted by Crippen LogP contribution is 2.19. The third-order valence-corrected chi connectivity index (χ3v) is 4.63. The van der Waals surface area contributed by atoms with Crippen molar-refractivity contribution >= 4 is 27.4 Å². The van der Waals surface area contributed by atoms with Gasteiger partial charge in [0.25, 0.3) is 11.3 Å². The van der Waals surface area contributed by atoms with Gasteiger partial charge in [0.05, 0.1) is 12.2 Å². The van der Waals surface area contributed by atoms with E-state index in [1.54, 1.807) is 0 Å². The number of hydrogen-bond acceptors (Lipinski definition) is 4. The predicted octanol–water partition coefficient (Wildman–Crippen LogP) is 3.77. The topological polar surface area (TPSA) is 75.1 Å². The van der Waals surface area contributed by atoms with Crippen LogP contribution in [0.4, 0.5) is 5.69 Å². The number of anilines is 1. The summed E-state index contributed by atoms with van der Waals surface area (Å²) in [5.41, 5.74) is 3.44. The molecule has 2 N–H and O–H groups in total. The van der Waals surface area contributed by atoms with Crippen LogP contribution in [0.1, 0.15) is 11.3 Å². The smallest absolute Gasteiger partial charge is 0.274 e. The van der Waals surface area contributed by atoms with Crippen molar-refractivity contribution in [1.82, 2.24) is 19.6 Å². The van der Waals surface area contributed by atoms with Crippen LogP contribution in [0, 0.1) is 6.92 Å². The van der Waals surface area contributed by atoms with Gasteiger partial charge in [-0.1, -0.05) is 40.2 Å². The maximum atomic E-state index is 12.4. The Morgan fingerprint density at radius 3 is 2.65 bits per heavy atom. The lowest BCUT2D eigenvalue weighted by atomic mass is 10.1. The summed E-state index contributed by atoms with van der Waals surface area (Å²) in [4.78, 5) is 21.4. The van der Waals surface area contributed by atoms with Gasteiger partial charge in [-0.2, -0.15) is 9.50 Å². The molecule has 4 aromatic rings. The summed E-state index contributed by atoms with van der Waals surface area (Å²) in [6.07, 6.45) is 0. The SMILES string of the molecule is Cc1ccccc1-c1nc2nc(CNc3ccc(Br)cc3)cc(=O)n2[nH]1. The molecule has 0 saturated heterocycles. The number of rotatable bonds is 4. The Morgan fingerprint density at radius 2 is 1.88 bits per heavy atom. The molecule has 0 bridgehead atoms. The van der Waals surface area contributed by atoms with Gasteiger partial charge in [0.2, 0.25) is 0 Å². The maximum absolute atomic E-state index is 12.4. The van der Waals surface area contributed by atoms with Gasteiger partial charge in [-0.25, -0.2) is 4.98 Å². The molecule has 2 heterocycles. The first-order chi connectivity index (χ1) is 12.6. The summed E-state index contributed by atoms with van der Waals surface area (Å²) < 4.78 is 2.38. The first kappa shape index (κ1) is 16.5. The van der Waals surface area contributed by atoms with E-state index in [4.69, 9.17) is 0 Å². The summed E-state index contributed by atoms with van der Waals surface area (Å²) in [5, 5.41) is 6.29. The molecule has 0 spiro atoms. The molecule has 0 aliphatic carbocycles. The van der Waals surface area contributed by atoms with Crippen molar-refractivity contribution in [3.63, 3.8) is 0 Å². The number of benzene rings is 2. The summed E-state index contributed by atoms with van der Waals surface area (Å²) >= 11 is 3.41. The molecule has 0 aliphatic rings. The van der Waals surface area contributed by atoms with Gasteiger partial charge in [0.1, 0.15) is 0 Å². The van der Waals surface area contributed by atoms with Crippen molar-refractivity contribution in [2.75, 3.05) is 5.32 Å². The van der Waals surface area contributed by atoms with Crippen molar-refractivity contribution < 1.29 is 0 Å². The number of nitrogens with zero attached hydrogens (tertiary/aromatic N) is 3. The molecule has 2 aromatic heterocycles. The summed E-state index contributed by atoms with van der Waals surface area (Å²) in [5.74, 6) is 0.995. The molecule has 26 heavy (non-hydrogen) atoms. The van der Waals surface area contributed by atoms with E-state index in [1.165, 1.54) is 10.6 Å². The normalized spacial score (nSPS) is 11.0. The number of fused-ring (bicyclic) bond motifs is 1. The van der Waals surface area contributed by atoms with Crippen LogP contribution in [-0.4, -0.2) is 19.6 Å². The van der Waals surface area contributed by atoms with Gasteiger partial charge >= 0.3 is 0 Å². The van der Waals surface area contributed by atoms with E-state index in [0.29, 0.717) is 23.8 Å². The molecule has 4 rings (SSSR count). The molecule has 0 fully saturated rings. The molecule has 0 aliphatic heterocycles. The fourth-order valence-electron chi connectivity index (χ4n) is 2.74. The minimum atomic E-state index is -0.185. The monoisotopic (exact) mass is 409 g/mol. The van der Waals surface area contributed by atoms with Gasteiger partial charge in [-0.05, 0) is 36.8 Å². The quantitative estimate of drug-likeness (QED) is 0.537. The Bertz CT molecular complexity index is 1130. The zero-order valence-electron chi connectivity index (χ0n) is 14.0. The number of hydrogen-bond donors (Lipinski definition) is 2. The lowest BCUT2D eigenvalue weighted by Gasteiger charge is -2.05. The van der Waals surface area contributed by atoms with Crippen LogP contribution in [0.25, 0.3) is 17.2 Å². The Kier molecular flexibility index (Phi) is 4.30. The number of H-pyrrole nitrogens is 1. The van der Waals surface area contributed by atoms with Crippen molar-refractivity contribution in [3.8, 4) is 11.4 Å². The fourth-order valence-corrected chi connectivity index (χ4v) is 3.00. The second-order valence-corrected chi connectivity index (χ2v) is 6.88. The van der Waals surface area contributed by atoms with Crippen LogP contribution in [0.5, 0.6) is 0 Å². The average molecular weight is 410 g/mol. The number of nitrogens with one attached hydrogen (secondary N) is 2. The van der Waals surface area contributed by atoms with Gasteiger partial charge in [0, 0.05) is 21.8 Å². The highest BCUT2D eigenvalue weighted by atomic mass is 79.9. The second-order valence-electron chi connectivity index (χ2n) is 5.97.